The van der Waals surface area contributed by atoms with Crippen LogP contribution in [0.25, 0.3) is 0 Å². The molecule has 2 heterocycles. The van der Waals surface area contributed by atoms with Crippen LogP contribution in [0.15, 0.2) is 24.4 Å². The van der Waals surface area contributed by atoms with Crippen LogP contribution in [0.2, 0.25) is 0 Å². The van der Waals surface area contributed by atoms with E-state index in [2.05, 4.69) is 10.3 Å². The van der Waals surface area contributed by atoms with Crippen LogP contribution in [0.5, 0.6) is 0 Å². The van der Waals surface area contributed by atoms with Gasteiger partial charge in [0.15, 0.2) is 0 Å². The summed E-state index contributed by atoms with van der Waals surface area (Å²) in [6.45, 7) is 0.740. The van der Waals surface area contributed by atoms with Crippen molar-refractivity contribution in [1.82, 2.24) is 9.29 Å². The number of aromatic nitrogens is 1. The van der Waals surface area contributed by atoms with E-state index in [0.717, 1.165) is 0 Å². The van der Waals surface area contributed by atoms with Crippen molar-refractivity contribution >= 4 is 21.7 Å². The van der Waals surface area contributed by atoms with Crippen molar-refractivity contribution in [2.24, 2.45) is 5.92 Å². The molecule has 0 spiro atoms. The Kier molecular flexibility index (Phi) is 4.16. The highest BCUT2D eigenvalue weighted by atomic mass is 32.2. The zero-order valence-electron chi connectivity index (χ0n) is 10.7. The Morgan fingerprint density at radius 1 is 1.47 bits per heavy atom. The fourth-order valence-electron chi connectivity index (χ4n) is 2.12. The number of piperidine rings is 1. The molecule has 1 aliphatic rings. The number of rotatable bonds is 3. The third-order valence-electron chi connectivity index (χ3n) is 3.14. The molecule has 1 aromatic rings. The maximum Gasteiger partial charge on any atom is 0.229 e. The second kappa shape index (κ2) is 5.66. The Hall–Kier alpha value is -1.47. The average molecular weight is 283 g/mol. The first-order valence-corrected chi connectivity index (χ1v) is 7.98. The van der Waals surface area contributed by atoms with Crippen molar-refractivity contribution in [1.29, 1.82) is 0 Å². The van der Waals surface area contributed by atoms with Gasteiger partial charge in [0.05, 0.1) is 12.2 Å². The van der Waals surface area contributed by atoms with Crippen molar-refractivity contribution in [3.05, 3.63) is 24.4 Å². The molecule has 1 aliphatic heterocycles. The fourth-order valence-corrected chi connectivity index (χ4v) is 3.03. The lowest BCUT2D eigenvalue weighted by atomic mass is 9.99. The van der Waals surface area contributed by atoms with E-state index < -0.39 is 10.0 Å². The summed E-state index contributed by atoms with van der Waals surface area (Å²) in [4.78, 5) is 16.1. The number of hydrogen-bond donors (Lipinski definition) is 1. The molecule has 2 rings (SSSR count). The van der Waals surface area contributed by atoms with Crippen molar-refractivity contribution in [3.8, 4) is 0 Å². The number of sulfonamides is 1. The zero-order chi connectivity index (χ0) is 13.9. The second-order valence-electron chi connectivity index (χ2n) is 4.66. The number of nitrogens with one attached hydrogen (secondary N) is 1. The Morgan fingerprint density at radius 2 is 2.26 bits per heavy atom. The minimum Gasteiger partial charge on any atom is -0.310 e. The molecule has 1 unspecified atom stereocenters. The first-order valence-electron chi connectivity index (χ1n) is 6.14. The Labute approximate surface area is 112 Å². The van der Waals surface area contributed by atoms with Crippen LogP contribution in [-0.2, 0) is 14.8 Å². The number of anilines is 1. The van der Waals surface area contributed by atoms with E-state index in [0.29, 0.717) is 25.2 Å². The van der Waals surface area contributed by atoms with Gasteiger partial charge in [-0.05, 0) is 25.0 Å². The van der Waals surface area contributed by atoms with Gasteiger partial charge in [-0.1, -0.05) is 6.07 Å². The van der Waals surface area contributed by atoms with Gasteiger partial charge in [0.2, 0.25) is 15.9 Å². The largest absolute Gasteiger partial charge is 0.310 e. The van der Waals surface area contributed by atoms with E-state index in [9.17, 15) is 13.2 Å². The summed E-state index contributed by atoms with van der Waals surface area (Å²) in [7, 11) is -3.23. The summed E-state index contributed by atoms with van der Waals surface area (Å²) >= 11 is 0. The molecule has 1 amide bonds. The quantitative estimate of drug-likeness (QED) is 0.885. The van der Waals surface area contributed by atoms with E-state index in [1.165, 1.54) is 10.6 Å². The first kappa shape index (κ1) is 14.0. The molecule has 1 saturated heterocycles. The predicted molar refractivity (Wildman–Crippen MR) is 72.0 cm³/mol. The molecule has 0 aromatic carbocycles. The third-order valence-corrected chi connectivity index (χ3v) is 4.41. The number of pyridine rings is 1. The summed E-state index contributed by atoms with van der Waals surface area (Å²) in [5.74, 6) is 0.00140. The molecule has 0 radical (unpaired) electrons. The summed E-state index contributed by atoms with van der Waals surface area (Å²) < 4.78 is 24.3. The Bertz CT molecular complexity index is 545. The first-order chi connectivity index (χ1) is 8.97. The van der Waals surface area contributed by atoms with Crippen molar-refractivity contribution in [2.75, 3.05) is 24.7 Å². The lowest BCUT2D eigenvalue weighted by molar-refractivity contribution is -0.120. The second-order valence-corrected chi connectivity index (χ2v) is 6.65. The van der Waals surface area contributed by atoms with Crippen LogP contribution in [0, 0.1) is 5.92 Å². The van der Waals surface area contributed by atoms with Crippen LogP contribution >= 0.6 is 0 Å². The molecule has 19 heavy (non-hydrogen) atoms. The van der Waals surface area contributed by atoms with Gasteiger partial charge in [0.1, 0.15) is 5.82 Å². The van der Waals surface area contributed by atoms with Crippen LogP contribution < -0.4 is 5.32 Å². The van der Waals surface area contributed by atoms with Crippen LogP contribution in [0.4, 0.5) is 5.82 Å². The van der Waals surface area contributed by atoms with Gasteiger partial charge in [0.25, 0.3) is 0 Å². The standard InChI is InChI=1S/C12H17N3O3S/c1-19(17,18)15-8-4-5-10(9-15)12(16)14-11-6-2-3-7-13-11/h2-3,6-7,10H,4-5,8-9H2,1H3,(H,13,14,16). The Morgan fingerprint density at radius 3 is 2.89 bits per heavy atom. The highest BCUT2D eigenvalue weighted by molar-refractivity contribution is 7.88. The van der Waals surface area contributed by atoms with Crippen molar-refractivity contribution in [2.45, 2.75) is 12.8 Å². The number of nitrogens with zero attached hydrogens (tertiary/aromatic N) is 2. The Balaban J connectivity index is 2.00. The fraction of sp³-hybridized carbons (Fsp3) is 0.500. The molecule has 6 nitrogen and oxygen atoms in total. The summed E-state index contributed by atoms with van der Waals surface area (Å²) in [5.41, 5.74) is 0. The van der Waals surface area contributed by atoms with Crippen molar-refractivity contribution < 1.29 is 13.2 Å². The molecule has 1 aromatic heterocycles. The SMILES string of the molecule is CS(=O)(=O)N1CCCC(C(=O)Nc2ccccn2)C1. The van der Waals surface area contributed by atoms with Gasteiger partial charge in [-0.3, -0.25) is 4.79 Å². The number of amides is 1. The normalized spacial score (nSPS) is 21.0. The number of carbonyl (C=O) groups is 1. The molecule has 104 valence electrons. The molecule has 7 heteroatoms. The molecule has 1 N–H and O–H groups in total. The minimum atomic E-state index is -3.23. The van der Waals surface area contributed by atoms with E-state index in [1.54, 1.807) is 24.4 Å². The van der Waals surface area contributed by atoms with Crippen LogP contribution in [0.3, 0.4) is 0 Å². The summed E-state index contributed by atoms with van der Waals surface area (Å²) in [6.07, 6.45) is 4.17. The molecular formula is C12H17N3O3S. The van der Waals surface area contributed by atoms with Crippen LogP contribution in [-0.4, -0.2) is 43.0 Å². The molecule has 1 atom stereocenters. The van der Waals surface area contributed by atoms with Gasteiger partial charge in [-0.25, -0.2) is 17.7 Å². The van der Waals surface area contributed by atoms with Crippen molar-refractivity contribution in [3.63, 3.8) is 0 Å². The molecule has 1 fully saturated rings. The number of carbonyl (C=O) groups excluding carboxylic acids is 1. The summed E-state index contributed by atoms with van der Waals surface area (Å²) in [5, 5.41) is 2.71. The van der Waals surface area contributed by atoms with Gasteiger partial charge >= 0.3 is 0 Å². The molecule has 0 bridgehead atoms. The monoisotopic (exact) mass is 283 g/mol. The van der Waals surface area contributed by atoms with E-state index >= 15 is 0 Å². The maximum absolute atomic E-state index is 12.1. The zero-order valence-corrected chi connectivity index (χ0v) is 11.6. The smallest absolute Gasteiger partial charge is 0.229 e. The van der Waals surface area contributed by atoms with E-state index in [-0.39, 0.29) is 18.4 Å². The lowest BCUT2D eigenvalue weighted by Gasteiger charge is -2.29. The highest BCUT2D eigenvalue weighted by Gasteiger charge is 2.30. The topological polar surface area (TPSA) is 79.4 Å². The average Bonchev–Trinajstić information content (AvgIpc) is 2.39. The minimum absolute atomic E-state index is 0.174. The molecule has 0 aliphatic carbocycles. The maximum atomic E-state index is 12.1. The lowest BCUT2D eigenvalue weighted by Crippen LogP contribution is -2.43. The van der Waals surface area contributed by atoms with Gasteiger partial charge in [-0.2, -0.15) is 0 Å². The van der Waals surface area contributed by atoms with E-state index in [4.69, 9.17) is 0 Å². The van der Waals surface area contributed by atoms with Gasteiger partial charge in [0, 0.05) is 19.3 Å². The highest BCUT2D eigenvalue weighted by Crippen LogP contribution is 2.20. The third kappa shape index (κ3) is 3.74. The van der Waals surface area contributed by atoms with Gasteiger partial charge < -0.3 is 5.32 Å². The molecule has 0 saturated carbocycles. The number of hydrogen-bond acceptors (Lipinski definition) is 4. The molecular weight excluding hydrogens is 266 g/mol. The van der Waals surface area contributed by atoms with Crippen LogP contribution in [0.1, 0.15) is 12.8 Å². The summed E-state index contributed by atoms with van der Waals surface area (Å²) in [6, 6.07) is 5.25. The van der Waals surface area contributed by atoms with Gasteiger partial charge in [-0.15, -0.1) is 0 Å². The predicted octanol–water partition coefficient (Wildman–Crippen LogP) is 0.692. The van der Waals surface area contributed by atoms with E-state index in [1.807, 2.05) is 0 Å².